The lowest BCUT2D eigenvalue weighted by atomic mass is 10.2. The number of carbonyl (C=O) groups excluding carboxylic acids is 1. The van der Waals surface area contributed by atoms with Crippen molar-refractivity contribution < 1.29 is 9.18 Å². The molecule has 1 aromatic carbocycles. The van der Waals surface area contributed by atoms with E-state index in [4.69, 9.17) is 5.84 Å². The Labute approximate surface area is 132 Å². The van der Waals surface area contributed by atoms with Gasteiger partial charge in [0.05, 0.1) is 10.8 Å². The van der Waals surface area contributed by atoms with Gasteiger partial charge >= 0.3 is 0 Å². The van der Waals surface area contributed by atoms with E-state index in [9.17, 15) is 9.18 Å². The monoisotopic (exact) mass is 323 g/mol. The van der Waals surface area contributed by atoms with Crippen LogP contribution in [0.15, 0.2) is 29.4 Å². The lowest BCUT2D eigenvalue weighted by Crippen LogP contribution is -2.36. The van der Waals surface area contributed by atoms with Gasteiger partial charge in [-0.1, -0.05) is 23.9 Å². The number of aromatic nitrogens is 3. The number of benzene rings is 1. The number of carbonyl (C=O) groups is 1. The molecule has 0 aliphatic rings. The number of hydrogen-bond acceptors (Lipinski definition) is 5. The van der Waals surface area contributed by atoms with E-state index < -0.39 is 5.82 Å². The summed E-state index contributed by atoms with van der Waals surface area (Å²) >= 11 is 1.17. The number of nitrogens with two attached hydrogens (primary N) is 1. The SMILES string of the molecule is CC(C)NC(=O)C(C)Sc1nnc(-c2ccccc2F)n1N. The van der Waals surface area contributed by atoms with Gasteiger partial charge in [-0.2, -0.15) is 0 Å². The third kappa shape index (κ3) is 3.56. The second kappa shape index (κ2) is 6.78. The van der Waals surface area contributed by atoms with Crippen LogP contribution in [0, 0.1) is 5.82 Å². The van der Waals surface area contributed by atoms with Gasteiger partial charge in [-0.25, -0.2) is 9.07 Å². The van der Waals surface area contributed by atoms with Crippen LogP contribution in [0.3, 0.4) is 0 Å². The van der Waals surface area contributed by atoms with E-state index in [1.54, 1.807) is 25.1 Å². The number of nitrogen functional groups attached to an aromatic ring is 1. The van der Waals surface area contributed by atoms with E-state index in [0.29, 0.717) is 5.16 Å². The first kappa shape index (κ1) is 16.3. The summed E-state index contributed by atoms with van der Waals surface area (Å²) < 4.78 is 15.0. The highest BCUT2D eigenvalue weighted by Crippen LogP contribution is 2.26. The first-order chi connectivity index (χ1) is 10.4. The molecule has 8 heteroatoms. The third-order valence-electron chi connectivity index (χ3n) is 2.86. The molecule has 0 aliphatic heterocycles. The molecule has 0 saturated carbocycles. The number of halogens is 1. The molecule has 1 atom stereocenters. The fourth-order valence-corrected chi connectivity index (χ4v) is 2.58. The number of amides is 1. The Bertz CT molecular complexity index is 673. The molecule has 1 amide bonds. The first-order valence-corrected chi connectivity index (χ1v) is 7.70. The molecule has 1 aromatic heterocycles. The lowest BCUT2D eigenvalue weighted by Gasteiger charge is -2.13. The Morgan fingerprint density at radius 3 is 2.64 bits per heavy atom. The molecule has 1 unspecified atom stereocenters. The molecular formula is C14H18FN5OS. The second-order valence-electron chi connectivity index (χ2n) is 5.08. The zero-order chi connectivity index (χ0) is 16.3. The maximum atomic E-state index is 13.8. The lowest BCUT2D eigenvalue weighted by molar-refractivity contribution is -0.120. The number of rotatable bonds is 5. The molecule has 118 valence electrons. The number of nitrogens with one attached hydrogen (secondary N) is 1. The van der Waals surface area contributed by atoms with Gasteiger partial charge in [0.2, 0.25) is 11.1 Å². The maximum Gasteiger partial charge on any atom is 0.233 e. The summed E-state index contributed by atoms with van der Waals surface area (Å²) in [5.41, 5.74) is 0.267. The Morgan fingerprint density at radius 1 is 1.32 bits per heavy atom. The summed E-state index contributed by atoms with van der Waals surface area (Å²) in [6.07, 6.45) is 0. The van der Waals surface area contributed by atoms with Crippen molar-refractivity contribution in [3.63, 3.8) is 0 Å². The van der Waals surface area contributed by atoms with Crippen LogP contribution in [0.25, 0.3) is 11.4 Å². The standard InChI is InChI=1S/C14H18FN5OS/c1-8(2)17-13(21)9(3)22-14-19-18-12(20(14)16)10-6-4-5-7-11(10)15/h4-9H,16H2,1-3H3,(H,17,21). The van der Waals surface area contributed by atoms with Crippen molar-refractivity contribution in [2.24, 2.45) is 0 Å². The van der Waals surface area contributed by atoms with Crippen molar-refractivity contribution in [1.29, 1.82) is 0 Å². The number of nitrogens with zero attached hydrogens (tertiary/aromatic N) is 3. The van der Waals surface area contributed by atoms with Crippen molar-refractivity contribution in [3.05, 3.63) is 30.1 Å². The molecular weight excluding hydrogens is 305 g/mol. The summed E-state index contributed by atoms with van der Waals surface area (Å²) in [6, 6.07) is 6.24. The molecule has 0 spiro atoms. The predicted octanol–water partition coefficient (Wildman–Crippen LogP) is 1.80. The van der Waals surface area contributed by atoms with Crippen LogP contribution in [-0.2, 0) is 4.79 Å². The molecule has 0 fully saturated rings. The summed E-state index contributed by atoms with van der Waals surface area (Å²) in [5.74, 6) is 5.60. The van der Waals surface area contributed by atoms with Crippen molar-refractivity contribution in [1.82, 2.24) is 20.2 Å². The third-order valence-corrected chi connectivity index (χ3v) is 3.92. The smallest absolute Gasteiger partial charge is 0.233 e. The van der Waals surface area contributed by atoms with E-state index in [1.165, 1.54) is 22.5 Å². The summed E-state index contributed by atoms with van der Waals surface area (Å²) in [6.45, 7) is 5.52. The largest absolute Gasteiger partial charge is 0.353 e. The first-order valence-electron chi connectivity index (χ1n) is 6.82. The van der Waals surface area contributed by atoms with Gasteiger partial charge in [0.1, 0.15) is 5.82 Å². The van der Waals surface area contributed by atoms with Crippen molar-refractivity contribution >= 4 is 17.7 Å². The van der Waals surface area contributed by atoms with E-state index in [0.717, 1.165) is 0 Å². The van der Waals surface area contributed by atoms with Crippen molar-refractivity contribution in [2.45, 2.75) is 37.2 Å². The minimum Gasteiger partial charge on any atom is -0.353 e. The van der Waals surface area contributed by atoms with Crippen LogP contribution in [0.5, 0.6) is 0 Å². The highest BCUT2D eigenvalue weighted by Gasteiger charge is 2.21. The summed E-state index contributed by atoms with van der Waals surface area (Å²) in [7, 11) is 0. The van der Waals surface area contributed by atoms with Gasteiger partial charge in [-0.15, -0.1) is 10.2 Å². The Balaban J connectivity index is 2.18. The molecule has 3 N–H and O–H groups in total. The van der Waals surface area contributed by atoms with Crippen LogP contribution in [0.4, 0.5) is 4.39 Å². The van der Waals surface area contributed by atoms with Crippen LogP contribution in [0.2, 0.25) is 0 Å². The molecule has 2 aromatic rings. The van der Waals surface area contributed by atoms with Gasteiger partial charge < -0.3 is 11.2 Å². The molecule has 6 nitrogen and oxygen atoms in total. The van der Waals surface area contributed by atoms with Crippen molar-refractivity contribution in [2.75, 3.05) is 5.84 Å². The molecule has 0 bridgehead atoms. The van der Waals surface area contributed by atoms with Gasteiger partial charge in [-0.3, -0.25) is 4.79 Å². The van der Waals surface area contributed by atoms with Gasteiger partial charge in [0, 0.05) is 6.04 Å². The highest BCUT2D eigenvalue weighted by atomic mass is 32.2. The zero-order valence-electron chi connectivity index (χ0n) is 12.6. The molecule has 2 rings (SSSR count). The second-order valence-corrected chi connectivity index (χ2v) is 6.39. The summed E-state index contributed by atoms with van der Waals surface area (Å²) in [5, 5.41) is 10.6. The van der Waals surface area contributed by atoms with E-state index in [2.05, 4.69) is 15.5 Å². The number of hydrogen-bond donors (Lipinski definition) is 2. The quantitative estimate of drug-likeness (QED) is 0.647. The fourth-order valence-electron chi connectivity index (χ4n) is 1.80. The van der Waals surface area contributed by atoms with E-state index in [1.807, 2.05) is 13.8 Å². The normalized spacial score (nSPS) is 12.4. The molecule has 0 aliphatic carbocycles. The van der Waals surface area contributed by atoms with Gasteiger partial charge in [0.15, 0.2) is 5.82 Å². The van der Waals surface area contributed by atoms with Gasteiger partial charge in [0.25, 0.3) is 0 Å². The van der Waals surface area contributed by atoms with Crippen LogP contribution < -0.4 is 11.2 Å². The minimum absolute atomic E-state index is 0.0558. The molecule has 0 radical (unpaired) electrons. The maximum absolute atomic E-state index is 13.8. The molecule has 0 saturated heterocycles. The highest BCUT2D eigenvalue weighted by molar-refractivity contribution is 8.00. The molecule has 22 heavy (non-hydrogen) atoms. The van der Waals surface area contributed by atoms with Crippen LogP contribution >= 0.6 is 11.8 Å². The zero-order valence-corrected chi connectivity index (χ0v) is 13.4. The van der Waals surface area contributed by atoms with Crippen molar-refractivity contribution in [3.8, 4) is 11.4 Å². The average molecular weight is 323 g/mol. The van der Waals surface area contributed by atoms with Crippen LogP contribution in [-0.4, -0.2) is 32.1 Å². The Morgan fingerprint density at radius 2 is 2.00 bits per heavy atom. The Kier molecular flexibility index (Phi) is 5.02. The van der Waals surface area contributed by atoms with E-state index in [-0.39, 0.29) is 28.6 Å². The Hall–Kier alpha value is -2.09. The van der Waals surface area contributed by atoms with Gasteiger partial charge in [-0.05, 0) is 32.9 Å². The van der Waals surface area contributed by atoms with E-state index >= 15 is 0 Å². The van der Waals surface area contributed by atoms with Crippen LogP contribution in [0.1, 0.15) is 20.8 Å². The fraction of sp³-hybridized carbons (Fsp3) is 0.357. The summed E-state index contributed by atoms with van der Waals surface area (Å²) in [4.78, 5) is 11.9. The number of thioether (sulfide) groups is 1. The average Bonchev–Trinajstić information content (AvgIpc) is 2.80. The minimum atomic E-state index is -0.427. The predicted molar refractivity (Wildman–Crippen MR) is 84.2 cm³/mol. The topological polar surface area (TPSA) is 85.8 Å². The molecule has 1 heterocycles.